The summed E-state index contributed by atoms with van der Waals surface area (Å²) in [5, 5.41) is 9.54. The fourth-order valence-electron chi connectivity index (χ4n) is 2.75. The number of aliphatic hydroxyl groups is 1. The summed E-state index contributed by atoms with van der Waals surface area (Å²) in [5.74, 6) is -0.0131. The lowest BCUT2D eigenvalue weighted by Crippen LogP contribution is -2.32. The van der Waals surface area contributed by atoms with Gasteiger partial charge in [-0.3, -0.25) is 4.79 Å². The maximum absolute atomic E-state index is 11.0. The highest BCUT2D eigenvalue weighted by atomic mass is 16.3. The summed E-state index contributed by atoms with van der Waals surface area (Å²) in [6, 6.07) is 0. The van der Waals surface area contributed by atoms with Crippen LogP contribution in [0.5, 0.6) is 0 Å². The minimum Gasteiger partial charge on any atom is -0.393 e. The Hall–Kier alpha value is -1.15. The van der Waals surface area contributed by atoms with Gasteiger partial charge in [-0.2, -0.15) is 0 Å². The van der Waals surface area contributed by atoms with Crippen molar-refractivity contribution >= 4 is 6.29 Å². The Morgan fingerprint density at radius 2 is 2.41 bits per heavy atom. The standard InChI is InChI=1S/C15H22O2/c1-5-15(4)8-6-7-13(9-12(3)17)14(15)11(2)10-16/h5,7,10,12,14,17H,1-2,6,8-9H2,3-4H3. The Balaban J connectivity index is 3.10. The minimum atomic E-state index is -0.393. The van der Waals surface area contributed by atoms with Crippen LogP contribution in [-0.2, 0) is 4.79 Å². The highest BCUT2D eigenvalue weighted by Crippen LogP contribution is 2.46. The molecule has 94 valence electrons. The van der Waals surface area contributed by atoms with Gasteiger partial charge in [-0.25, -0.2) is 0 Å². The molecule has 0 saturated carbocycles. The Bertz CT molecular complexity index is 352. The summed E-state index contributed by atoms with van der Waals surface area (Å²) in [6.07, 6.45) is 7.02. The molecule has 0 bridgehead atoms. The molecule has 0 aliphatic heterocycles. The first-order chi connectivity index (χ1) is 7.94. The maximum Gasteiger partial charge on any atom is 0.146 e. The molecule has 17 heavy (non-hydrogen) atoms. The first-order valence-corrected chi connectivity index (χ1v) is 6.09. The van der Waals surface area contributed by atoms with E-state index >= 15 is 0 Å². The van der Waals surface area contributed by atoms with Gasteiger partial charge in [-0.15, -0.1) is 6.58 Å². The number of hydrogen-bond acceptors (Lipinski definition) is 2. The van der Waals surface area contributed by atoms with Gasteiger partial charge in [0.05, 0.1) is 6.10 Å². The van der Waals surface area contributed by atoms with Crippen molar-refractivity contribution in [2.45, 2.75) is 39.2 Å². The molecule has 0 aromatic heterocycles. The molecular formula is C15H22O2. The molecule has 2 nitrogen and oxygen atoms in total. The van der Waals surface area contributed by atoms with Crippen LogP contribution in [0.2, 0.25) is 0 Å². The van der Waals surface area contributed by atoms with Gasteiger partial charge < -0.3 is 5.11 Å². The Morgan fingerprint density at radius 3 is 2.88 bits per heavy atom. The van der Waals surface area contributed by atoms with Crippen LogP contribution in [0.1, 0.15) is 33.1 Å². The SMILES string of the molecule is C=CC1(C)CCC=C(CC(C)O)C1C(=C)C=O. The third kappa shape index (κ3) is 2.95. The molecule has 1 rings (SSSR count). The van der Waals surface area contributed by atoms with Gasteiger partial charge in [-0.05, 0) is 37.2 Å². The first-order valence-electron chi connectivity index (χ1n) is 6.09. The third-order valence-electron chi connectivity index (χ3n) is 3.64. The van der Waals surface area contributed by atoms with E-state index < -0.39 is 6.10 Å². The van der Waals surface area contributed by atoms with Crippen molar-refractivity contribution in [1.82, 2.24) is 0 Å². The normalized spacial score (nSPS) is 30.3. The highest BCUT2D eigenvalue weighted by molar-refractivity contribution is 5.74. The molecule has 0 radical (unpaired) electrons. The highest BCUT2D eigenvalue weighted by Gasteiger charge is 2.37. The maximum atomic E-state index is 11.0. The molecule has 0 spiro atoms. The van der Waals surface area contributed by atoms with Gasteiger partial charge in [0.1, 0.15) is 6.29 Å². The van der Waals surface area contributed by atoms with Crippen molar-refractivity contribution in [2.24, 2.45) is 11.3 Å². The van der Waals surface area contributed by atoms with Gasteiger partial charge in [0.25, 0.3) is 0 Å². The van der Waals surface area contributed by atoms with Crippen LogP contribution in [0.25, 0.3) is 0 Å². The van der Waals surface area contributed by atoms with Crippen LogP contribution >= 0.6 is 0 Å². The summed E-state index contributed by atoms with van der Waals surface area (Å²) in [7, 11) is 0. The van der Waals surface area contributed by atoms with Gasteiger partial charge in [0.2, 0.25) is 0 Å². The molecule has 1 aliphatic rings. The van der Waals surface area contributed by atoms with Crippen molar-refractivity contribution < 1.29 is 9.90 Å². The van der Waals surface area contributed by atoms with E-state index in [1.165, 1.54) is 0 Å². The predicted molar refractivity (Wildman–Crippen MR) is 70.6 cm³/mol. The molecule has 0 fully saturated rings. The lowest BCUT2D eigenvalue weighted by atomic mass is 9.64. The van der Waals surface area contributed by atoms with E-state index in [4.69, 9.17) is 0 Å². The van der Waals surface area contributed by atoms with Gasteiger partial charge in [0, 0.05) is 5.92 Å². The third-order valence-corrected chi connectivity index (χ3v) is 3.64. The van der Waals surface area contributed by atoms with E-state index in [0.717, 1.165) is 24.7 Å². The van der Waals surface area contributed by atoms with E-state index in [1.807, 2.05) is 6.08 Å². The molecule has 3 unspecified atom stereocenters. The Kier molecular flexibility index (Phi) is 4.47. The van der Waals surface area contributed by atoms with Crippen LogP contribution in [0.3, 0.4) is 0 Å². The molecule has 0 amide bonds. The lowest BCUT2D eigenvalue weighted by molar-refractivity contribution is -0.105. The second kappa shape index (κ2) is 5.46. The first kappa shape index (κ1) is 13.9. The van der Waals surface area contributed by atoms with Crippen LogP contribution in [0, 0.1) is 11.3 Å². The molecule has 3 atom stereocenters. The molecule has 2 heteroatoms. The quantitative estimate of drug-likeness (QED) is 0.451. The zero-order valence-electron chi connectivity index (χ0n) is 10.8. The Labute approximate surface area is 104 Å². The number of aldehydes is 1. The fourth-order valence-corrected chi connectivity index (χ4v) is 2.75. The summed E-state index contributed by atoms with van der Waals surface area (Å²) < 4.78 is 0. The summed E-state index contributed by atoms with van der Waals surface area (Å²) in [6.45, 7) is 11.6. The number of allylic oxidation sites excluding steroid dienone is 3. The van der Waals surface area contributed by atoms with Crippen molar-refractivity contribution in [3.8, 4) is 0 Å². The van der Waals surface area contributed by atoms with Crippen LogP contribution in [-0.4, -0.2) is 17.5 Å². The van der Waals surface area contributed by atoms with Crippen LogP contribution in [0.15, 0.2) is 36.5 Å². The van der Waals surface area contributed by atoms with Crippen molar-refractivity contribution in [1.29, 1.82) is 0 Å². The monoisotopic (exact) mass is 234 g/mol. The number of carbonyl (C=O) groups excluding carboxylic acids is 1. The zero-order chi connectivity index (χ0) is 13.1. The largest absolute Gasteiger partial charge is 0.393 e. The van der Waals surface area contributed by atoms with Crippen molar-refractivity contribution in [3.63, 3.8) is 0 Å². The molecule has 1 aliphatic carbocycles. The van der Waals surface area contributed by atoms with Gasteiger partial charge in [0.15, 0.2) is 0 Å². The van der Waals surface area contributed by atoms with Gasteiger partial charge in [-0.1, -0.05) is 31.2 Å². The van der Waals surface area contributed by atoms with Gasteiger partial charge >= 0.3 is 0 Å². The van der Waals surface area contributed by atoms with Crippen LogP contribution in [0.4, 0.5) is 0 Å². The minimum absolute atomic E-state index is 0.0131. The summed E-state index contributed by atoms with van der Waals surface area (Å²) >= 11 is 0. The molecule has 0 heterocycles. The smallest absolute Gasteiger partial charge is 0.146 e. The summed E-state index contributed by atoms with van der Waals surface area (Å²) in [4.78, 5) is 11.0. The predicted octanol–water partition coefficient (Wildman–Crippen LogP) is 3.04. The number of aliphatic hydroxyl groups excluding tert-OH is 1. The summed E-state index contributed by atoms with van der Waals surface area (Å²) in [5.41, 5.74) is 1.57. The van der Waals surface area contributed by atoms with Crippen molar-refractivity contribution in [3.05, 3.63) is 36.5 Å². The average molecular weight is 234 g/mol. The number of hydrogen-bond donors (Lipinski definition) is 1. The van der Waals surface area contributed by atoms with E-state index in [9.17, 15) is 9.90 Å². The Morgan fingerprint density at radius 1 is 1.76 bits per heavy atom. The molecular weight excluding hydrogens is 212 g/mol. The average Bonchev–Trinajstić information content (AvgIpc) is 2.27. The van der Waals surface area contributed by atoms with E-state index in [-0.39, 0.29) is 11.3 Å². The number of carbonyl (C=O) groups is 1. The molecule has 1 N–H and O–H groups in total. The van der Waals surface area contributed by atoms with E-state index in [1.54, 1.807) is 6.92 Å². The lowest BCUT2D eigenvalue weighted by Gasteiger charge is -2.40. The topological polar surface area (TPSA) is 37.3 Å². The zero-order valence-corrected chi connectivity index (χ0v) is 10.8. The van der Waals surface area contributed by atoms with Crippen LogP contribution < -0.4 is 0 Å². The van der Waals surface area contributed by atoms with E-state index in [0.29, 0.717) is 12.0 Å². The fraction of sp³-hybridized carbons (Fsp3) is 0.533. The molecule has 0 aromatic carbocycles. The number of rotatable bonds is 5. The second-order valence-electron chi connectivity index (χ2n) is 5.21. The van der Waals surface area contributed by atoms with Crippen molar-refractivity contribution in [2.75, 3.05) is 0 Å². The van der Waals surface area contributed by atoms with E-state index in [2.05, 4.69) is 26.2 Å². The molecule has 0 aromatic rings. The second-order valence-corrected chi connectivity index (χ2v) is 5.21. The molecule has 0 saturated heterocycles.